The van der Waals surface area contributed by atoms with Crippen LogP contribution in [0, 0.1) is 12.8 Å². The maximum atomic E-state index is 12.8. The summed E-state index contributed by atoms with van der Waals surface area (Å²) in [4.78, 5) is 29.0. The molecule has 0 bridgehead atoms. The van der Waals surface area contributed by atoms with E-state index in [4.69, 9.17) is 4.74 Å². The zero-order chi connectivity index (χ0) is 25.5. The molecule has 2 N–H and O–H groups in total. The fraction of sp³-hybridized carbons (Fsp3) is 0.667. The van der Waals surface area contributed by atoms with Gasteiger partial charge in [0.15, 0.2) is 0 Å². The van der Waals surface area contributed by atoms with E-state index in [1.807, 2.05) is 41.5 Å². The van der Waals surface area contributed by atoms with Crippen molar-refractivity contribution in [3.63, 3.8) is 0 Å². The van der Waals surface area contributed by atoms with Gasteiger partial charge in [-0.2, -0.15) is 4.72 Å². The van der Waals surface area contributed by atoms with Crippen molar-refractivity contribution in [3.05, 3.63) is 29.8 Å². The summed E-state index contributed by atoms with van der Waals surface area (Å²) in [6.45, 7) is 14.8. The van der Waals surface area contributed by atoms with E-state index in [-0.39, 0.29) is 22.8 Å². The highest BCUT2D eigenvalue weighted by Crippen LogP contribution is 2.14. The fourth-order valence-electron chi connectivity index (χ4n) is 3.59. The van der Waals surface area contributed by atoms with Crippen LogP contribution in [0.25, 0.3) is 0 Å². The molecule has 34 heavy (non-hydrogen) atoms. The summed E-state index contributed by atoms with van der Waals surface area (Å²) in [5, 5.41) is 2.87. The van der Waals surface area contributed by atoms with Gasteiger partial charge in [-0.05, 0) is 52.2 Å². The first-order chi connectivity index (χ1) is 15.8. The molecule has 0 saturated carbocycles. The summed E-state index contributed by atoms with van der Waals surface area (Å²) in [5.41, 5.74) is 0.439. The van der Waals surface area contributed by atoms with Gasteiger partial charge in [-0.15, -0.1) is 0 Å². The number of hydrogen-bond acceptors (Lipinski definition) is 6. The van der Waals surface area contributed by atoms with Crippen molar-refractivity contribution >= 4 is 22.0 Å². The Bertz CT molecular complexity index is 918. The highest BCUT2D eigenvalue weighted by Gasteiger charge is 2.28. The molecular formula is C24H40N4O5S. The van der Waals surface area contributed by atoms with Crippen LogP contribution < -0.4 is 10.0 Å². The molecule has 1 aliphatic rings. The number of rotatable bonds is 9. The third-order valence-electron chi connectivity index (χ3n) is 5.40. The molecule has 192 valence electrons. The van der Waals surface area contributed by atoms with Crippen LogP contribution in [-0.4, -0.2) is 81.1 Å². The minimum absolute atomic E-state index is 0.136. The zero-order valence-corrected chi connectivity index (χ0v) is 22.1. The monoisotopic (exact) mass is 496 g/mol. The molecule has 0 spiro atoms. The maximum Gasteiger partial charge on any atom is 0.410 e. The molecule has 1 aromatic carbocycles. The van der Waals surface area contributed by atoms with Crippen LogP contribution in [-0.2, 0) is 19.6 Å². The second kappa shape index (κ2) is 12.0. The summed E-state index contributed by atoms with van der Waals surface area (Å²) in [7, 11) is -3.81. The lowest BCUT2D eigenvalue weighted by Gasteiger charge is -2.35. The number of amides is 2. The Kier molecular flexibility index (Phi) is 9.90. The van der Waals surface area contributed by atoms with Gasteiger partial charge in [0.1, 0.15) is 11.6 Å². The van der Waals surface area contributed by atoms with Gasteiger partial charge in [0, 0.05) is 39.3 Å². The van der Waals surface area contributed by atoms with Crippen molar-refractivity contribution in [1.82, 2.24) is 19.8 Å². The van der Waals surface area contributed by atoms with E-state index in [9.17, 15) is 18.0 Å². The van der Waals surface area contributed by atoms with Crippen LogP contribution in [0.4, 0.5) is 4.79 Å². The number of benzene rings is 1. The van der Waals surface area contributed by atoms with Crippen LogP contribution >= 0.6 is 0 Å². The van der Waals surface area contributed by atoms with Crippen molar-refractivity contribution < 1.29 is 22.7 Å². The number of carbonyl (C=O) groups excluding carboxylic acids is 2. The molecule has 1 unspecified atom stereocenters. The van der Waals surface area contributed by atoms with Gasteiger partial charge in [0.25, 0.3) is 0 Å². The Labute approximate surface area is 204 Å². The molecule has 1 atom stereocenters. The smallest absolute Gasteiger partial charge is 0.410 e. The average Bonchev–Trinajstić information content (AvgIpc) is 2.72. The van der Waals surface area contributed by atoms with E-state index in [1.165, 1.54) is 0 Å². The number of piperazine rings is 1. The second-order valence-corrected chi connectivity index (χ2v) is 11.9. The first kappa shape index (κ1) is 28.1. The van der Waals surface area contributed by atoms with E-state index < -0.39 is 21.7 Å². The normalized spacial score (nSPS) is 16.4. The highest BCUT2D eigenvalue weighted by molar-refractivity contribution is 7.89. The number of nitrogens with zero attached hydrogens (tertiary/aromatic N) is 2. The number of hydrogen-bond donors (Lipinski definition) is 2. The van der Waals surface area contributed by atoms with Crippen molar-refractivity contribution in [2.45, 2.75) is 64.5 Å². The maximum absolute atomic E-state index is 12.8. The lowest BCUT2D eigenvalue weighted by atomic mass is 10.0. The SMILES string of the molecule is Cc1ccc(S(=O)(=O)NC(CC(C)C)C(=O)NCCN2CCN(C(=O)OC(C)(C)C)CC2)cc1. The van der Waals surface area contributed by atoms with Crippen LogP contribution in [0.5, 0.6) is 0 Å². The third kappa shape index (κ3) is 9.23. The Morgan fingerprint density at radius 3 is 2.18 bits per heavy atom. The molecule has 1 aromatic rings. The Balaban J connectivity index is 1.85. The standard InChI is InChI=1S/C24H40N4O5S/c1-18(2)17-21(26-34(31,32)20-9-7-19(3)8-10-20)22(29)25-11-12-27-13-15-28(16-14-27)23(30)33-24(4,5)6/h7-10,18,21,26H,11-17H2,1-6H3,(H,25,29). The van der Waals surface area contributed by atoms with Crippen molar-refractivity contribution in [3.8, 4) is 0 Å². The summed E-state index contributed by atoms with van der Waals surface area (Å²) >= 11 is 0. The molecule has 1 aliphatic heterocycles. The number of aryl methyl sites for hydroxylation is 1. The second-order valence-electron chi connectivity index (χ2n) is 10.2. The number of sulfonamides is 1. The quantitative estimate of drug-likeness (QED) is 0.543. The van der Waals surface area contributed by atoms with Crippen LogP contribution in [0.2, 0.25) is 0 Å². The molecule has 1 saturated heterocycles. The summed E-state index contributed by atoms with van der Waals surface area (Å²) in [5.74, 6) is -0.200. The van der Waals surface area contributed by atoms with Crippen LogP contribution in [0.3, 0.4) is 0 Å². The number of ether oxygens (including phenoxy) is 1. The lowest BCUT2D eigenvalue weighted by molar-refractivity contribution is -0.123. The molecule has 9 nitrogen and oxygen atoms in total. The molecule has 1 heterocycles. The van der Waals surface area contributed by atoms with Crippen molar-refractivity contribution in [2.24, 2.45) is 5.92 Å². The van der Waals surface area contributed by atoms with E-state index in [0.29, 0.717) is 45.7 Å². The average molecular weight is 497 g/mol. The fourth-order valence-corrected chi connectivity index (χ4v) is 4.80. The topological polar surface area (TPSA) is 108 Å². The van der Waals surface area contributed by atoms with Crippen molar-refractivity contribution in [2.75, 3.05) is 39.3 Å². The van der Waals surface area contributed by atoms with Crippen LogP contribution in [0.15, 0.2) is 29.2 Å². The lowest BCUT2D eigenvalue weighted by Crippen LogP contribution is -2.52. The van der Waals surface area contributed by atoms with Gasteiger partial charge in [-0.25, -0.2) is 13.2 Å². The molecule has 1 fully saturated rings. The van der Waals surface area contributed by atoms with E-state index >= 15 is 0 Å². The van der Waals surface area contributed by atoms with Gasteiger partial charge < -0.3 is 15.0 Å². The largest absolute Gasteiger partial charge is 0.444 e. The number of nitrogens with one attached hydrogen (secondary N) is 2. The predicted molar refractivity (Wildman–Crippen MR) is 132 cm³/mol. The first-order valence-corrected chi connectivity index (χ1v) is 13.3. The van der Waals surface area contributed by atoms with Gasteiger partial charge in [0.2, 0.25) is 15.9 Å². The minimum Gasteiger partial charge on any atom is -0.444 e. The predicted octanol–water partition coefficient (Wildman–Crippen LogP) is 2.36. The zero-order valence-electron chi connectivity index (χ0n) is 21.3. The summed E-state index contributed by atoms with van der Waals surface area (Å²) in [6, 6.07) is 5.69. The minimum atomic E-state index is -3.81. The van der Waals surface area contributed by atoms with E-state index in [1.54, 1.807) is 29.2 Å². The van der Waals surface area contributed by atoms with Crippen molar-refractivity contribution in [1.29, 1.82) is 0 Å². The molecule has 0 aliphatic carbocycles. The first-order valence-electron chi connectivity index (χ1n) is 11.8. The molecule has 0 aromatic heterocycles. The molecule has 2 rings (SSSR count). The van der Waals surface area contributed by atoms with Gasteiger partial charge in [0.05, 0.1) is 4.90 Å². The Morgan fingerprint density at radius 2 is 1.65 bits per heavy atom. The molecule has 10 heteroatoms. The Hall–Kier alpha value is -2.17. The molecular weight excluding hydrogens is 456 g/mol. The summed E-state index contributed by atoms with van der Waals surface area (Å²) < 4.78 is 33.6. The molecule has 0 radical (unpaired) electrons. The number of carbonyl (C=O) groups is 2. The molecule has 2 amide bonds. The van der Waals surface area contributed by atoms with Crippen LogP contribution in [0.1, 0.15) is 46.6 Å². The van der Waals surface area contributed by atoms with E-state index in [2.05, 4.69) is 14.9 Å². The Morgan fingerprint density at radius 1 is 1.06 bits per heavy atom. The van der Waals surface area contributed by atoms with Gasteiger partial charge >= 0.3 is 6.09 Å². The summed E-state index contributed by atoms with van der Waals surface area (Å²) in [6.07, 6.45) is 0.0868. The van der Waals surface area contributed by atoms with Gasteiger partial charge in [-0.3, -0.25) is 9.69 Å². The third-order valence-corrected chi connectivity index (χ3v) is 6.89. The van der Waals surface area contributed by atoms with E-state index in [0.717, 1.165) is 5.56 Å². The highest BCUT2D eigenvalue weighted by atomic mass is 32.2. The van der Waals surface area contributed by atoms with Gasteiger partial charge in [-0.1, -0.05) is 31.5 Å².